The molecule has 5 heteroatoms. The van der Waals surface area contributed by atoms with Crippen LogP contribution < -0.4 is 9.47 Å². The van der Waals surface area contributed by atoms with Crippen LogP contribution in [-0.4, -0.2) is 10.8 Å². The summed E-state index contributed by atoms with van der Waals surface area (Å²) in [5.74, 6) is 0.756. The molecule has 0 saturated carbocycles. The molecule has 0 fully saturated rings. The first-order chi connectivity index (χ1) is 13.4. The number of aryl methyl sites for hydroxylation is 1. The summed E-state index contributed by atoms with van der Waals surface area (Å²) in [5, 5.41) is 0.573. The molecule has 144 valence electrons. The molecule has 1 aliphatic rings. The van der Waals surface area contributed by atoms with Gasteiger partial charge in [-0.1, -0.05) is 48.0 Å². The number of hydrogen-bond donors (Lipinski definition) is 0. The quantitative estimate of drug-likeness (QED) is 0.548. The molecule has 0 saturated heterocycles. The Balaban J connectivity index is 1.54. The first kappa shape index (κ1) is 18.8. The molecule has 2 aromatic carbocycles. The summed E-state index contributed by atoms with van der Waals surface area (Å²) >= 11 is 6.46. The first-order valence-electron chi connectivity index (χ1n) is 9.21. The molecular weight excluding hydrogens is 374 g/mol. The molecule has 28 heavy (non-hydrogen) atoms. The highest BCUT2D eigenvalue weighted by Crippen LogP contribution is 2.36. The lowest BCUT2D eigenvalue weighted by Crippen LogP contribution is -2.36. The maximum atomic E-state index is 6.46. The van der Waals surface area contributed by atoms with Crippen molar-refractivity contribution < 1.29 is 14.2 Å². The van der Waals surface area contributed by atoms with Crippen LogP contribution in [0.15, 0.2) is 54.7 Å². The summed E-state index contributed by atoms with van der Waals surface area (Å²) in [5.41, 5.74) is 4.92. The lowest BCUT2D eigenvalue weighted by Gasteiger charge is -2.34. The van der Waals surface area contributed by atoms with Crippen molar-refractivity contribution >= 4 is 11.6 Å². The van der Waals surface area contributed by atoms with Crippen LogP contribution in [0.25, 0.3) is 11.1 Å². The van der Waals surface area contributed by atoms with Gasteiger partial charge in [0.25, 0.3) is 0 Å². The third-order valence-electron chi connectivity index (χ3n) is 4.74. The molecule has 4 rings (SSSR count). The second kappa shape index (κ2) is 7.46. The van der Waals surface area contributed by atoms with E-state index in [1.165, 1.54) is 0 Å². The van der Waals surface area contributed by atoms with Crippen LogP contribution in [0.2, 0.25) is 5.02 Å². The van der Waals surface area contributed by atoms with E-state index in [0.29, 0.717) is 24.0 Å². The number of benzene rings is 2. The topological polar surface area (TPSA) is 40.6 Å². The Morgan fingerprint density at radius 3 is 2.64 bits per heavy atom. The van der Waals surface area contributed by atoms with Crippen molar-refractivity contribution in [1.29, 1.82) is 0 Å². The summed E-state index contributed by atoms with van der Waals surface area (Å²) in [7, 11) is 0. The molecule has 0 amide bonds. The minimum atomic E-state index is -0.657. The Morgan fingerprint density at radius 1 is 1.11 bits per heavy atom. The molecule has 2 heterocycles. The van der Waals surface area contributed by atoms with E-state index in [2.05, 4.69) is 17.1 Å². The Labute approximate surface area is 170 Å². The van der Waals surface area contributed by atoms with E-state index >= 15 is 0 Å². The number of fused-ring (bicyclic) bond motifs is 1. The van der Waals surface area contributed by atoms with E-state index in [9.17, 15) is 0 Å². The number of pyridine rings is 1. The second-order valence-electron chi connectivity index (χ2n) is 7.27. The number of ether oxygens (including phenoxy) is 3. The van der Waals surface area contributed by atoms with E-state index in [1.54, 1.807) is 0 Å². The van der Waals surface area contributed by atoms with Gasteiger partial charge in [0.15, 0.2) is 0 Å². The van der Waals surface area contributed by atoms with Crippen LogP contribution in [0, 0.1) is 6.92 Å². The molecule has 0 N–H and O–H groups in total. The zero-order valence-electron chi connectivity index (χ0n) is 16.2. The van der Waals surface area contributed by atoms with Gasteiger partial charge in [-0.3, -0.25) is 4.98 Å². The summed E-state index contributed by atoms with van der Waals surface area (Å²) in [4.78, 5) is 4.45. The van der Waals surface area contributed by atoms with Gasteiger partial charge in [0.1, 0.15) is 18.1 Å². The van der Waals surface area contributed by atoms with Crippen molar-refractivity contribution in [3.63, 3.8) is 0 Å². The Hall–Kier alpha value is -2.56. The van der Waals surface area contributed by atoms with Crippen molar-refractivity contribution in [1.82, 2.24) is 4.98 Å². The van der Waals surface area contributed by atoms with Crippen molar-refractivity contribution in [2.45, 2.75) is 39.8 Å². The molecule has 0 bridgehead atoms. The molecule has 0 spiro atoms. The minimum Gasteiger partial charge on any atom is -0.487 e. The zero-order valence-corrected chi connectivity index (χ0v) is 16.9. The molecular formula is C23H22ClNO3. The molecule has 3 aromatic rings. The fraction of sp³-hybridized carbons (Fsp3) is 0.261. The first-order valence-corrected chi connectivity index (χ1v) is 9.59. The van der Waals surface area contributed by atoms with Crippen LogP contribution in [0.1, 0.15) is 30.7 Å². The average molecular weight is 396 g/mol. The van der Waals surface area contributed by atoms with Gasteiger partial charge in [-0.05, 0) is 30.2 Å². The van der Waals surface area contributed by atoms with Gasteiger partial charge in [0, 0.05) is 31.2 Å². The zero-order chi connectivity index (χ0) is 19.7. The van der Waals surface area contributed by atoms with Gasteiger partial charge >= 0.3 is 0 Å². The van der Waals surface area contributed by atoms with E-state index in [-0.39, 0.29) is 0 Å². The highest BCUT2D eigenvalue weighted by molar-refractivity contribution is 6.32. The van der Waals surface area contributed by atoms with Gasteiger partial charge < -0.3 is 14.2 Å². The summed E-state index contributed by atoms with van der Waals surface area (Å²) in [6, 6.07) is 15.9. The van der Waals surface area contributed by atoms with E-state index in [0.717, 1.165) is 33.7 Å². The number of hydrogen-bond acceptors (Lipinski definition) is 4. The Morgan fingerprint density at radius 2 is 1.89 bits per heavy atom. The minimum absolute atomic E-state index is 0.340. The van der Waals surface area contributed by atoms with Crippen molar-refractivity contribution in [2.24, 2.45) is 0 Å². The predicted molar refractivity (Wildman–Crippen MR) is 110 cm³/mol. The van der Waals surface area contributed by atoms with E-state index in [4.69, 9.17) is 25.8 Å². The summed E-state index contributed by atoms with van der Waals surface area (Å²) in [6.07, 6.45) is 1.81. The average Bonchev–Trinajstić information content (AvgIpc) is 2.69. The monoisotopic (exact) mass is 395 g/mol. The van der Waals surface area contributed by atoms with Gasteiger partial charge in [0.2, 0.25) is 5.79 Å². The van der Waals surface area contributed by atoms with Crippen LogP contribution in [0.5, 0.6) is 11.5 Å². The third-order valence-corrected chi connectivity index (χ3v) is 5.03. The predicted octanol–water partition coefficient (Wildman–Crippen LogP) is 5.93. The fourth-order valence-electron chi connectivity index (χ4n) is 3.20. The van der Waals surface area contributed by atoms with Crippen molar-refractivity contribution in [2.75, 3.05) is 0 Å². The molecule has 1 aromatic heterocycles. The lowest BCUT2D eigenvalue weighted by molar-refractivity contribution is -0.181. The smallest absolute Gasteiger partial charge is 0.205 e. The van der Waals surface area contributed by atoms with Crippen LogP contribution in [0.4, 0.5) is 0 Å². The molecule has 0 aliphatic carbocycles. The Bertz CT molecular complexity index is 1000. The SMILES string of the molecule is Cc1ncc(COc2ccc(-c3ccccc3)cc2Cl)c2c1OC(C)(C)OC2. The molecule has 1 aliphatic heterocycles. The normalized spacial score (nSPS) is 14.9. The van der Waals surface area contributed by atoms with Crippen molar-refractivity contribution in [3.05, 3.63) is 76.6 Å². The van der Waals surface area contributed by atoms with Crippen LogP contribution in [0.3, 0.4) is 0 Å². The fourth-order valence-corrected chi connectivity index (χ4v) is 3.43. The largest absolute Gasteiger partial charge is 0.487 e. The van der Waals surface area contributed by atoms with Gasteiger partial charge in [-0.25, -0.2) is 0 Å². The number of aromatic nitrogens is 1. The molecule has 4 nitrogen and oxygen atoms in total. The number of rotatable bonds is 4. The van der Waals surface area contributed by atoms with Gasteiger partial charge in [-0.15, -0.1) is 0 Å². The molecule has 0 atom stereocenters. The maximum absolute atomic E-state index is 6.46. The second-order valence-corrected chi connectivity index (χ2v) is 7.67. The number of halogens is 1. The molecule has 0 unspecified atom stereocenters. The maximum Gasteiger partial charge on any atom is 0.205 e. The van der Waals surface area contributed by atoms with Crippen LogP contribution >= 0.6 is 11.6 Å². The molecule has 0 radical (unpaired) electrons. The highest BCUT2D eigenvalue weighted by atomic mass is 35.5. The lowest BCUT2D eigenvalue weighted by atomic mass is 10.1. The standard InChI is InChI=1S/C23H22ClNO3/c1-15-22-19(14-27-23(2,3)28-22)18(12-25-15)13-26-21-10-9-17(11-20(21)24)16-7-5-4-6-8-16/h4-12H,13-14H2,1-3H3. The summed E-state index contributed by atoms with van der Waals surface area (Å²) < 4.78 is 17.7. The van der Waals surface area contributed by atoms with Gasteiger partial charge in [-0.2, -0.15) is 0 Å². The van der Waals surface area contributed by atoms with E-state index in [1.807, 2.05) is 63.4 Å². The van der Waals surface area contributed by atoms with Gasteiger partial charge in [0.05, 0.1) is 17.3 Å². The van der Waals surface area contributed by atoms with E-state index < -0.39 is 5.79 Å². The summed E-state index contributed by atoms with van der Waals surface area (Å²) in [6.45, 7) is 6.53. The van der Waals surface area contributed by atoms with Crippen LogP contribution in [-0.2, 0) is 18.0 Å². The highest BCUT2D eigenvalue weighted by Gasteiger charge is 2.30. The Kier molecular flexibility index (Phi) is 5.00. The number of nitrogens with zero attached hydrogens (tertiary/aromatic N) is 1. The third kappa shape index (κ3) is 3.84. The van der Waals surface area contributed by atoms with Crippen molar-refractivity contribution in [3.8, 4) is 22.6 Å².